The molecule has 2 heterocycles. The molecule has 0 saturated carbocycles. The molecule has 7 heteroatoms. The third-order valence-electron chi connectivity index (χ3n) is 5.35. The molecule has 0 saturated heterocycles. The molecular formula is C23H30N4O3. The molecule has 1 unspecified atom stereocenters. The van der Waals surface area contributed by atoms with Crippen LogP contribution in [-0.2, 0) is 9.59 Å². The van der Waals surface area contributed by atoms with Gasteiger partial charge in [-0.15, -0.1) is 0 Å². The van der Waals surface area contributed by atoms with E-state index in [9.17, 15) is 9.59 Å². The first-order chi connectivity index (χ1) is 14.4. The number of likely N-dealkylation sites (N-methyl/N-ethyl adjacent to an activating group) is 2. The average Bonchev–Trinajstić information content (AvgIpc) is 3.39. The molecule has 1 aliphatic heterocycles. The highest BCUT2D eigenvalue weighted by molar-refractivity contribution is 6.03. The van der Waals surface area contributed by atoms with Gasteiger partial charge >= 0.3 is 0 Å². The summed E-state index contributed by atoms with van der Waals surface area (Å²) in [6, 6.07) is 11.5. The van der Waals surface area contributed by atoms with Gasteiger partial charge in [0.25, 0.3) is 5.91 Å². The minimum Gasteiger partial charge on any atom is -0.467 e. The van der Waals surface area contributed by atoms with E-state index in [0.717, 1.165) is 11.3 Å². The number of hydrogen-bond acceptors (Lipinski definition) is 5. The summed E-state index contributed by atoms with van der Waals surface area (Å²) in [5, 5.41) is 6.15. The minimum absolute atomic E-state index is 0.0168. The van der Waals surface area contributed by atoms with Gasteiger partial charge in [0.2, 0.25) is 5.91 Å². The van der Waals surface area contributed by atoms with Crippen LogP contribution in [0.1, 0.15) is 43.2 Å². The van der Waals surface area contributed by atoms with Crippen molar-refractivity contribution in [2.45, 2.75) is 33.2 Å². The number of amides is 2. The fraction of sp³-hybridized carbons (Fsp3) is 0.435. The molecule has 1 aromatic heterocycles. The summed E-state index contributed by atoms with van der Waals surface area (Å²) in [4.78, 5) is 28.9. The first-order valence-electron chi connectivity index (χ1n) is 10.4. The summed E-state index contributed by atoms with van der Waals surface area (Å²) in [5.74, 6) is 0.563. The maximum absolute atomic E-state index is 13.1. The van der Waals surface area contributed by atoms with E-state index >= 15 is 0 Å². The summed E-state index contributed by atoms with van der Waals surface area (Å²) in [6.07, 6.45) is 2.20. The molecule has 1 atom stereocenters. The van der Waals surface area contributed by atoms with E-state index in [1.165, 1.54) is 10.6 Å². The van der Waals surface area contributed by atoms with E-state index in [-0.39, 0.29) is 30.9 Å². The zero-order valence-electron chi connectivity index (χ0n) is 18.2. The fourth-order valence-electron chi connectivity index (χ4n) is 3.63. The lowest BCUT2D eigenvalue weighted by Gasteiger charge is -2.25. The predicted molar refractivity (Wildman–Crippen MR) is 116 cm³/mol. The van der Waals surface area contributed by atoms with Gasteiger partial charge < -0.3 is 9.32 Å². The highest BCUT2D eigenvalue weighted by Crippen LogP contribution is 2.33. The van der Waals surface area contributed by atoms with Crippen LogP contribution in [0.25, 0.3) is 0 Å². The second-order valence-corrected chi connectivity index (χ2v) is 7.62. The van der Waals surface area contributed by atoms with E-state index in [0.29, 0.717) is 25.3 Å². The zero-order valence-corrected chi connectivity index (χ0v) is 18.2. The number of carbonyl (C=O) groups excluding carboxylic acids is 2. The fourth-order valence-corrected chi connectivity index (χ4v) is 3.63. The summed E-state index contributed by atoms with van der Waals surface area (Å²) in [5.41, 5.74) is 3.02. The summed E-state index contributed by atoms with van der Waals surface area (Å²) in [6.45, 7) is 7.56. The van der Waals surface area contributed by atoms with Crippen LogP contribution in [0.5, 0.6) is 0 Å². The average molecular weight is 411 g/mol. The SMILES string of the molecule is CCN(CC)C(=O)CN(C)CC(=O)N1N=C(c2ccc(C)cc2)CC1c1ccco1. The number of hydrazone groups is 1. The molecule has 2 amide bonds. The number of hydrogen-bond donors (Lipinski definition) is 0. The Morgan fingerprint density at radius 3 is 2.43 bits per heavy atom. The van der Waals surface area contributed by atoms with Gasteiger partial charge in [0.05, 0.1) is 25.1 Å². The maximum Gasteiger partial charge on any atom is 0.257 e. The van der Waals surface area contributed by atoms with Crippen molar-refractivity contribution in [2.75, 3.05) is 33.2 Å². The Labute approximate surface area is 177 Å². The van der Waals surface area contributed by atoms with Crippen molar-refractivity contribution in [3.8, 4) is 0 Å². The third kappa shape index (κ3) is 4.97. The molecule has 1 aromatic carbocycles. The third-order valence-corrected chi connectivity index (χ3v) is 5.35. The van der Waals surface area contributed by atoms with Gasteiger partial charge in [-0.1, -0.05) is 29.8 Å². The molecule has 160 valence electrons. The minimum atomic E-state index is -0.282. The lowest BCUT2D eigenvalue weighted by Crippen LogP contribution is -2.42. The quantitative estimate of drug-likeness (QED) is 0.671. The van der Waals surface area contributed by atoms with Crippen LogP contribution in [0, 0.1) is 6.92 Å². The van der Waals surface area contributed by atoms with Gasteiger partial charge in [-0.05, 0) is 45.5 Å². The van der Waals surface area contributed by atoms with E-state index < -0.39 is 0 Å². The topological polar surface area (TPSA) is 69.4 Å². The van der Waals surface area contributed by atoms with Crippen LogP contribution in [0.2, 0.25) is 0 Å². The van der Waals surface area contributed by atoms with E-state index in [1.807, 2.05) is 57.2 Å². The van der Waals surface area contributed by atoms with E-state index in [1.54, 1.807) is 23.1 Å². The molecular weight excluding hydrogens is 380 g/mol. The van der Waals surface area contributed by atoms with Crippen molar-refractivity contribution in [2.24, 2.45) is 5.10 Å². The Kier molecular flexibility index (Phi) is 7.05. The van der Waals surface area contributed by atoms with Crippen LogP contribution in [0.15, 0.2) is 52.2 Å². The molecule has 0 aliphatic carbocycles. The summed E-state index contributed by atoms with van der Waals surface area (Å²) in [7, 11) is 1.78. The first-order valence-corrected chi connectivity index (χ1v) is 10.4. The van der Waals surface area contributed by atoms with Gasteiger partial charge in [-0.3, -0.25) is 14.5 Å². The lowest BCUT2D eigenvalue weighted by molar-refractivity contribution is -0.136. The molecule has 0 N–H and O–H groups in total. The first kappa shape index (κ1) is 21.8. The van der Waals surface area contributed by atoms with Crippen LogP contribution in [-0.4, -0.2) is 65.6 Å². The van der Waals surface area contributed by atoms with E-state index in [2.05, 4.69) is 5.10 Å². The van der Waals surface area contributed by atoms with Crippen molar-refractivity contribution >= 4 is 17.5 Å². The smallest absolute Gasteiger partial charge is 0.257 e. The van der Waals surface area contributed by atoms with Gasteiger partial charge in [0, 0.05) is 19.5 Å². The van der Waals surface area contributed by atoms with Crippen LogP contribution < -0.4 is 0 Å². The molecule has 0 spiro atoms. The van der Waals surface area contributed by atoms with Gasteiger partial charge in [0.1, 0.15) is 11.8 Å². The van der Waals surface area contributed by atoms with Crippen LogP contribution >= 0.6 is 0 Å². The van der Waals surface area contributed by atoms with Crippen LogP contribution in [0.4, 0.5) is 0 Å². The molecule has 3 rings (SSSR count). The number of furan rings is 1. The van der Waals surface area contributed by atoms with Gasteiger partial charge in [-0.2, -0.15) is 5.10 Å². The van der Waals surface area contributed by atoms with Crippen molar-refractivity contribution in [1.29, 1.82) is 0 Å². The summed E-state index contributed by atoms with van der Waals surface area (Å²) < 4.78 is 5.59. The zero-order chi connectivity index (χ0) is 21.7. The molecule has 30 heavy (non-hydrogen) atoms. The Bertz CT molecular complexity index is 886. The Hall–Kier alpha value is -2.93. The maximum atomic E-state index is 13.1. The standard InChI is InChI=1S/C23H30N4O3/c1-5-26(6-2)22(28)15-25(4)16-23(29)27-20(21-8-7-13-30-21)14-19(24-27)18-11-9-17(3)10-12-18/h7-13,20H,5-6,14-16H2,1-4H3. The number of carbonyl (C=O) groups is 2. The molecule has 0 bridgehead atoms. The number of aryl methyl sites for hydroxylation is 1. The summed E-state index contributed by atoms with van der Waals surface area (Å²) >= 11 is 0. The second kappa shape index (κ2) is 9.71. The molecule has 1 aliphatic rings. The Balaban J connectivity index is 1.75. The highest BCUT2D eigenvalue weighted by Gasteiger charge is 2.35. The monoisotopic (exact) mass is 410 g/mol. The van der Waals surface area contributed by atoms with Gasteiger partial charge in [0.15, 0.2) is 0 Å². The lowest BCUT2D eigenvalue weighted by atomic mass is 10.0. The molecule has 2 aromatic rings. The number of nitrogens with zero attached hydrogens (tertiary/aromatic N) is 4. The van der Waals surface area contributed by atoms with Crippen molar-refractivity contribution in [3.63, 3.8) is 0 Å². The normalized spacial score (nSPS) is 16.1. The van der Waals surface area contributed by atoms with Crippen LogP contribution in [0.3, 0.4) is 0 Å². The van der Waals surface area contributed by atoms with Crippen molar-refractivity contribution in [3.05, 3.63) is 59.5 Å². The Morgan fingerprint density at radius 2 is 1.83 bits per heavy atom. The Morgan fingerprint density at radius 1 is 1.13 bits per heavy atom. The van der Waals surface area contributed by atoms with Gasteiger partial charge in [-0.25, -0.2) is 5.01 Å². The largest absolute Gasteiger partial charge is 0.467 e. The number of benzene rings is 1. The van der Waals surface area contributed by atoms with Crippen molar-refractivity contribution in [1.82, 2.24) is 14.8 Å². The highest BCUT2D eigenvalue weighted by atomic mass is 16.3. The molecule has 0 fully saturated rings. The number of rotatable bonds is 8. The van der Waals surface area contributed by atoms with E-state index in [4.69, 9.17) is 4.42 Å². The molecule has 0 radical (unpaired) electrons. The van der Waals surface area contributed by atoms with Crippen molar-refractivity contribution < 1.29 is 14.0 Å². The molecule has 7 nitrogen and oxygen atoms in total. The predicted octanol–water partition coefficient (Wildman–Crippen LogP) is 3.07. The second-order valence-electron chi connectivity index (χ2n) is 7.62.